The van der Waals surface area contributed by atoms with Crippen molar-refractivity contribution in [2.45, 2.75) is 12.2 Å². The number of aliphatic hydroxyl groups excluding tert-OH is 3. The summed E-state index contributed by atoms with van der Waals surface area (Å²) >= 11 is 0. The molecule has 4 N–H and O–H groups in total. The monoisotopic (exact) mass is 406 g/mol. The summed E-state index contributed by atoms with van der Waals surface area (Å²) in [6.07, 6.45) is 0.979. The van der Waals surface area contributed by atoms with Gasteiger partial charge in [0.2, 0.25) is 5.75 Å². The zero-order valence-corrected chi connectivity index (χ0v) is 16.5. The molecule has 0 saturated heterocycles. The summed E-state index contributed by atoms with van der Waals surface area (Å²) in [5.74, 6) is 0.986. The number of rotatable bonds is 10. The van der Waals surface area contributed by atoms with Crippen molar-refractivity contribution in [3.63, 3.8) is 0 Å². The second-order valence-electron chi connectivity index (χ2n) is 6.05. The van der Waals surface area contributed by atoms with E-state index in [2.05, 4.69) is 0 Å². The third-order valence-electron chi connectivity index (χ3n) is 4.25. The molecule has 0 aliphatic carbocycles. The molecule has 0 heterocycles. The molecule has 0 fully saturated rings. The second kappa shape index (κ2) is 10.6. The number of methoxy groups -OCH3 is 3. The minimum absolute atomic E-state index is 0.0696. The zero-order valence-electron chi connectivity index (χ0n) is 16.5. The highest BCUT2D eigenvalue weighted by molar-refractivity contribution is 5.62. The summed E-state index contributed by atoms with van der Waals surface area (Å²) in [6, 6.07) is 7.70. The van der Waals surface area contributed by atoms with Crippen LogP contribution in [0.15, 0.2) is 36.4 Å². The van der Waals surface area contributed by atoms with Gasteiger partial charge in [0.05, 0.1) is 34.5 Å². The first-order chi connectivity index (χ1) is 14.0. The van der Waals surface area contributed by atoms with Crippen LogP contribution in [0.2, 0.25) is 0 Å². The van der Waals surface area contributed by atoms with Crippen LogP contribution >= 0.6 is 0 Å². The number of hydrogen-bond donors (Lipinski definition) is 4. The van der Waals surface area contributed by atoms with Gasteiger partial charge in [0.15, 0.2) is 29.1 Å². The lowest BCUT2D eigenvalue weighted by molar-refractivity contribution is -0.00174. The Morgan fingerprint density at radius 1 is 0.931 bits per heavy atom. The zero-order chi connectivity index (χ0) is 21.4. The Kier molecular flexibility index (Phi) is 8.14. The molecule has 8 heteroatoms. The first-order valence-corrected chi connectivity index (χ1v) is 8.84. The molecule has 158 valence electrons. The first-order valence-electron chi connectivity index (χ1n) is 8.84. The normalized spacial score (nSPS) is 13.2. The fraction of sp³-hybridized carbons (Fsp3) is 0.333. The summed E-state index contributed by atoms with van der Waals surface area (Å²) in [6.45, 7) is -0.611. The highest BCUT2D eigenvalue weighted by Crippen LogP contribution is 2.41. The number of aromatic hydroxyl groups is 1. The van der Waals surface area contributed by atoms with Crippen LogP contribution in [0, 0.1) is 0 Å². The lowest BCUT2D eigenvalue weighted by atomic mass is 10.0. The molecule has 0 aliphatic rings. The number of phenols is 1. The molecule has 0 bridgehead atoms. The van der Waals surface area contributed by atoms with E-state index in [-0.39, 0.29) is 23.9 Å². The van der Waals surface area contributed by atoms with Gasteiger partial charge in [-0.1, -0.05) is 18.2 Å². The van der Waals surface area contributed by atoms with Gasteiger partial charge < -0.3 is 39.4 Å². The Hall–Kier alpha value is -2.94. The smallest absolute Gasteiger partial charge is 0.204 e. The second-order valence-corrected chi connectivity index (χ2v) is 6.05. The van der Waals surface area contributed by atoms with Crippen LogP contribution < -0.4 is 18.9 Å². The van der Waals surface area contributed by atoms with Crippen molar-refractivity contribution in [1.82, 2.24) is 0 Å². The maximum atomic E-state index is 10.7. The lowest BCUT2D eigenvalue weighted by Gasteiger charge is -2.25. The number of ether oxygens (including phenoxy) is 4. The summed E-state index contributed by atoms with van der Waals surface area (Å²) in [5, 5.41) is 39.2. The maximum Gasteiger partial charge on any atom is 0.204 e. The first kappa shape index (κ1) is 22.4. The van der Waals surface area contributed by atoms with E-state index in [0.717, 1.165) is 0 Å². The molecule has 0 aliphatic heterocycles. The van der Waals surface area contributed by atoms with Gasteiger partial charge in [-0.2, -0.15) is 0 Å². The van der Waals surface area contributed by atoms with Gasteiger partial charge in [-0.25, -0.2) is 0 Å². The van der Waals surface area contributed by atoms with Gasteiger partial charge in [-0.15, -0.1) is 0 Å². The average Bonchev–Trinajstić information content (AvgIpc) is 2.75. The fourth-order valence-corrected chi connectivity index (χ4v) is 2.75. The van der Waals surface area contributed by atoms with E-state index < -0.39 is 18.8 Å². The predicted molar refractivity (Wildman–Crippen MR) is 107 cm³/mol. The quantitative estimate of drug-likeness (QED) is 0.473. The van der Waals surface area contributed by atoms with E-state index in [1.54, 1.807) is 24.3 Å². The van der Waals surface area contributed by atoms with Gasteiger partial charge in [0.1, 0.15) is 6.10 Å². The standard InChI is InChI=1S/C21H26O8/c1-26-16-11-14(6-7-15(16)24)20(25)19(12-23)29-21-17(27-2)9-13(5-4-8-22)10-18(21)28-3/h4-7,9-11,19-20,22-25H,8,12H2,1-3H3/b5-4+/t19-,20+/m0/s1. The summed E-state index contributed by atoms with van der Waals surface area (Å²) < 4.78 is 21.7. The van der Waals surface area contributed by atoms with E-state index in [9.17, 15) is 15.3 Å². The Labute approximate surface area is 169 Å². The Balaban J connectivity index is 2.37. The van der Waals surface area contributed by atoms with E-state index in [0.29, 0.717) is 22.6 Å². The van der Waals surface area contributed by atoms with Gasteiger partial charge in [0.25, 0.3) is 0 Å². The number of aliphatic hydroxyl groups is 3. The Morgan fingerprint density at radius 3 is 2.07 bits per heavy atom. The SMILES string of the molecule is COc1cc([C@@H](O)[C@H](CO)Oc2c(OC)cc(/C=C/CO)cc2OC)ccc1O. The molecule has 2 rings (SSSR count). The topological polar surface area (TPSA) is 118 Å². The molecule has 0 spiro atoms. The molecule has 2 atom stereocenters. The largest absolute Gasteiger partial charge is 0.504 e. The van der Waals surface area contributed by atoms with Crippen molar-refractivity contribution in [3.05, 3.63) is 47.5 Å². The maximum absolute atomic E-state index is 10.7. The molecule has 29 heavy (non-hydrogen) atoms. The van der Waals surface area contributed by atoms with Crippen molar-refractivity contribution in [2.75, 3.05) is 34.5 Å². The van der Waals surface area contributed by atoms with E-state index in [1.165, 1.54) is 39.5 Å². The van der Waals surface area contributed by atoms with Crippen molar-refractivity contribution in [1.29, 1.82) is 0 Å². The summed E-state index contributed by atoms with van der Waals surface area (Å²) in [4.78, 5) is 0. The van der Waals surface area contributed by atoms with Crippen LogP contribution in [0.5, 0.6) is 28.7 Å². The molecule has 0 saturated carbocycles. The molecule has 0 unspecified atom stereocenters. The number of phenolic OH excluding ortho intramolecular Hbond substituents is 1. The van der Waals surface area contributed by atoms with Crippen molar-refractivity contribution < 1.29 is 39.4 Å². The lowest BCUT2D eigenvalue weighted by Crippen LogP contribution is -2.29. The van der Waals surface area contributed by atoms with Crippen molar-refractivity contribution in [2.24, 2.45) is 0 Å². The molecular formula is C21H26O8. The van der Waals surface area contributed by atoms with Crippen LogP contribution in [0.3, 0.4) is 0 Å². The van der Waals surface area contributed by atoms with E-state index in [4.69, 9.17) is 24.1 Å². The van der Waals surface area contributed by atoms with Crippen LogP contribution in [0.25, 0.3) is 6.08 Å². The van der Waals surface area contributed by atoms with Gasteiger partial charge >= 0.3 is 0 Å². The highest BCUT2D eigenvalue weighted by atomic mass is 16.6. The van der Waals surface area contributed by atoms with Gasteiger partial charge in [0, 0.05) is 0 Å². The third kappa shape index (κ3) is 5.32. The summed E-state index contributed by atoms with van der Waals surface area (Å²) in [5.41, 5.74) is 1.10. The van der Waals surface area contributed by atoms with Gasteiger partial charge in [-0.3, -0.25) is 0 Å². The molecule has 2 aromatic carbocycles. The molecule has 2 aromatic rings. The highest BCUT2D eigenvalue weighted by Gasteiger charge is 2.26. The molecule has 0 radical (unpaired) electrons. The van der Waals surface area contributed by atoms with Crippen molar-refractivity contribution in [3.8, 4) is 28.7 Å². The van der Waals surface area contributed by atoms with Crippen molar-refractivity contribution >= 4 is 6.08 Å². The summed E-state index contributed by atoms with van der Waals surface area (Å²) in [7, 11) is 4.31. The predicted octanol–water partition coefficient (Wildman–Crippen LogP) is 1.90. The number of hydrogen-bond acceptors (Lipinski definition) is 8. The number of benzene rings is 2. The van der Waals surface area contributed by atoms with Gasteiger partial charge in [-0.05, 0) is 35.4 Å². The Morgan fingerprint density at radius 2 is 1.55 bits per heavy atom. The molecule has 0 aromatic heterocycles. The average molecular weight is 406 g/mol. The Bertz CT molecular complexity index is 808. The van der Waals surface area contributed by atoms with Crippen LogP contribution in [0.1, 0.15) is 17.2 Å². The minimum atomic E-state index is -1.22. The van der Waals surface area contributed by atoms with Crippen LogP contribution in [-0.4, -0.2) is 61.1 Å². The molecule has 0 amide bonds. The molecular weight excluding hydrogens is 380 g/mol. The van der Waals surface area contributed by atoms with Crippen LogP contribution in [-0.2, 0) is 0 Å². The van der Waals surface area contributed by atoms with E-state index >= 15 is 0 Å². The van der Waals surface area contributed by atoms with Crippen LogP contribution in [0.4, 0.5) is 0 Å². The minimum Gasteiger partial charge on any atom is -0.504 e. The third-order valence-corrected chi connectivity index (χ3v) is 4.25. The molecule has 8 nitrogen and oxygen atoms in total. The fourth-order valence-electron chi connectivity index (χ4n) is 2.75. The van der Waals surface area contributed by atoms with E-state index in [1.807, 2.05) is 0 Å².